The first-order valence-corrected chi connectivity index (χ1v) is 12.0. The molecule has 0 aliphatic carbocycles. The van der Waals surface area contributed by atoms with Crippen molar-refractivity contribution in [3.8, 4) is 11.1 Å². The smallest absolute Gasteiger partial charge is 0.267 e. The fourth-order valence-electron chi connectivity index (χ4n) is 4.34. The second-order valence-electron chi connectivity index (χ2n) is 9.16. The minimum absolute atomic E-state index is 0.0631. The molecule has 1 saturated heterocycles. The number of primary amides is 1. The van der Waals surface area contributed by atoms with Crippen LogP contribution < -0.4 is 11.1 Å². The molecule has 1 fully saturated rings. The number of carbonyl (C=O) groups excluding carboxylic acids is 2. The number of nitrogens with two attached hydrogens (primary N) is 1. The number of pyridine rings is 1. The lowest BCUT2D eigenvalue weighted by Gasteiger charge is -2.37. The predicted octanol–water partition coefficient (Wildman–Crippen LogP) is 2.20. The van der Waals surface area contributed by atoms with Crippen LogP contribution in [0.15, 0.2) is 42.6 Å². The molecule has 1 aromatic carbocycles. The van der Waals surface area contributed by atoms with E-state index in [0.717, 1.165) is 17.5 Å². The van der Waals surface area contributed by atoms with Gasteiger partial charge >= 0.3 is 0 Å². The minimum atomic E-state index is -1.21. The summed E-state index contributed by atoms with van der Waals surface area (Å²) >= 11 is 0. The molecule has 2 amide bonds. The van der Waals surface area contributed by atoms with E-state index in [4.69, 9.17) is 15.2 Å². The van der Waals surface area contributed by atoms with Gasteiger partial charge in [0.05, 0.1) is 12.1 Å². The third kappa shape index (κ3) is 7.30. The molecule has 1 aliphatic heterocycles. The first kappa shape index (κ1) is 27.7. The van der Waals surface area contributed by atoms with Crippen LogP contribution in [0.3, 0.4) is 0 Å². The van der Waals surface area contributed by atoms with Gasteiger partial charge in [-0.2, -0.15) is 0 Å². The number of aromatic nitrogens is 1. The van der Waals surface area contributed by atoms with Crippen LogP contribution >= 0.6 is 0 Å². The number of amides is 2. The lowest BCUT2D eigenvalue weighted by Crippen LogP contribution is -2.46. The Morgan fingerprint density at radius 3 is 2.53 bits per heavy atom. The van der Waals surface area contributed by atoms with E-state index >= 15 is 0 Å². The first-order valence-electron chi connectivity index (χ1n) is 12.0. The molecule has 0 radical (unpaired) electrons. The highest BCUT2D eigenvalue weighted by Gasteiger charge is 2.30. The number of hydrogen-bond acceptors (Lipinski definition) is 7. The van der Waals surface area contributed by atoms with E-state index in [1.807, 2.05) is 14.0 Å². The topological polar surface area (TPSA) is 127 Å². The number of nitrogens with zero attached hydrogens (tertiary/aromatic N) is 2. The summed E-state index contributed by atoms with van der Waals surface area (Å²) in [5.41, 5.74) is 7.42. The zero-order valence-electron chi connectivity index (χ0n) is 20.9. The Kier molecular flexibility index (Phi) is 9.89. The standard InChI is InChI=1S/C26H35FN4O5/c1-16-12-20(13-24(35-3)36-16)31(2)11-10-23(32)30-22(14-27)25(33)18-6-4-17(5-7-18)19-8-9-21(26(28)34)29-15-19/h4-9,15-16,20,22,24-25,33H,10-14H2,1-3H3,(H2,28,34)(H,30,32)/t16-,20+,22-,24-,25-/m1/s1. The van der Waals surface area contributed by atoms with Crippen molar-refractivity contribution in [3.05, 3.63) is 53.9 Å². The number of halogens is 1. The summed E-state index contributed by atoms with van der Waals surface area (Å²) in [5.74, 6) is -0.937. The molecule has 196 valence electrons. The summed E-state index contributed by atoms with van der Waals surface area (Å²) in [6, 6.07) is 9.26. The second-order valence-corrected chi connectivity index (χ2v) is 9.16. The van der Waals surface area contributed by atoms with E-state index in [1.165, 1.54) is 12.3 Å². The number of aliphatic hydroxyl groups is 1. The fraction of sp³-hybridized carbons (Fsp3) is 0.500. The highest BCUT2D eigenvalue weighted by Crippen LogP contribution is 2.25. The number of alkyl halides is 1. The van der Waals surface area contributed by atoms with Gasteiger partial charge in [0.2, 0.25) is 5.91 Å². The Morgan fingerprint density at radius 2 is 1.94 bits per heavy atom. The molecule has 2 aromatic rings. The number of methoxy groups -OCH3 is 1. The van der Waals surface area contributed by atoms with E-state index in [1.54, 1.807) is 37.4 Å². The van der Waals surface area contributed by atoms with Crippen molar-refractivity contribution in [2.45, 2.75) is 56.8 Å². The molecule has 1 aliphatic rings. The summed E-state index contributed by atoms with van der Waals surface area (Å²) in [6.45, 7) is 1.58. The Bertz CT molecular complexity index is 1000. The number of nitrogens with one attached hydrogen (secondary N) is 1. The molecule has 5 atom stereocenters. The summed E-state index contributed by atoms with van der Waals surface area (Å²) in [4.78, 5) is 29.8. The second kappa shape index (κ2) is 12.9. The molecule has 1 aromatic heterocycles. The van der Waals surface area contributed by atoms with Gasteiger partial charge < -0.3 is 30.5 Å². The Hall–Kier alpha value is -2.92. The number of benzene rings is 1. The summed E-state index contributed by atoms with van der Waals surface area (Å²) in [7, 11) is 3.56. The Morgan fingerprint density at radius 1 is 1.25 bits per heavy atom. The fourth-order valence-corrected chi connectivity index (χ4v) is 4.34. The number of hydrogen-bond donors (Lipinski definition) is 3. The summed E-state index contributed by atoms with van der Waals surface area (Å²) in [6.07, 6.45) is 1.85. The molecular weight excluding hydrogens is 467 g/mol. The number of rotatable bonds is 11. The van der Waals surface area contributed by atoms with Crippen molar-refractivity contribution in [1.82, 2.24) is 15.2 Å². The van der Waals surface area contributed by atoms with Gasteiger partial charge in [-0.05, 0) is 37.6 Å². The molecule has 36 heavy (non-hydrogen) atoms. The summed E-state index contributed by atoms with van der Waals surface area (Å²) < 4.78 is 24.8. The first-order chi connectivity index (χ1) is 17.2. The van der Waals surface area contributed by atoms with Gasteiger partial charge in [-0.25, -0.2) is 4.39 Å². The van der Waals surface area contributed by atoms with Crippen molar-refractivity contribution in [3.63, 3.8) is 0 Å². The van der Waals surface area contributed by atoms with E-state index in [-0.39, 0.29) is 36.5 Å². The molecule has 0 unspecified atom stereocenters. The molecule has 10 heteroatoms. The van der Waals surface area contributed by atoms with Crippen LogP contribution in [0, 0.1) is 0 Å². The van der Waals surface area contributed by atoms with Crippen LogP contribution in [0.1, 0.15) is 48.3 Å². The normalized spacial score (nSPS) is 21.7. The van der Waals surface area contributed by atoms with E-state index < -0.39 is 24.7 Å². The maximum Gasteiger partial charge on any atom is 0.267 e. The molecule has 9 nitrogen and oxygen atoms in total. The molecule has 0 bridgehead atoms. The van der Waals surface area contributed by atoms with Crippen LogP contribution in [-0.4, -0.2) is 78.7 Å². The van der Waals surface area contributed by atoms with Gasteiger partial charge in [0, 0.05) is 44.3 Å². The Labute approximate surface area is 210 Å². The highest BCUT2D eigenvalue weighted by molar-refractivity contribution is 5.91. The molecule has 4 N–H and O–H groups in total. The van der Waals surface area contributed by atoms with Gasteiger partial charge in [-0.1, -0.05) is 30.3 Å². The van der Waals surface area contributed by atoms with Crippen molar-refractivity contribution < 1.29 is 28.6 Å². The maximum absolute atomic E-state index is 13.8. The van der Waals surface area contributed by atoms with Crippen LogP contribution in [-0.2, 0) is 14.3 Å². The summed E-state index contributed by atoms with van der Waals surface area (Å²) in [5, 5.41) is 13.3. The van der Waals surface area contributed by atoms with Crippen LogP contribution in [0.25, 0.3) is 11.1 Å². The quantitative estimate of drug-likeness (QED) is 0.430. The largest absolute Gasteiger partial charge is 0.386 e. The maximum atomic E-state index is 13.8. The van der Waals surface area contributed by atoms with Crippen LogP contribution in [0.5, 0.6) is 0 Å². The molecular formula is C26H35FN4O5. The van der Waals surface area contributed by atoms with Crippen LogP contribution in [0.4, 0.5) is 4.39 Å². The van der Waals surface area contributed by atoms with Gasteiger partial charge in [-0.3, -0.25) is 14.6 Å². The molecule has 2 heterocycles. The lowest BCUT2D eigenvalue weighted by molar-refractivity contribution is -0.189. The van der Waals surface area contributed by atoms with E-state index in [2.05, 4.69) is 15.2 Å². The Balaban J connectivity index is 1.53. The molecule has 3 rings (SSSR count). The van der Waals surface area contributed by atoms with Gasteiger partial charge in [0.15, 0.2) is 6.29 Å². The molecule has 0 saturated carbocycles. The number of aliphatic hydroxyl groups excluding tert-OH is 1. The minimum Gasteiger partial charge on any atom is -0.386 e. The highest BCUT2D eigenvalue weighted by atomic mass is 19.1. The SMILES string of the molecule is CO[C@H]1C[C@@H](N(C)CCC(=O)N[C@H](CF)[C@H](O)c2ccc(-c3ccc(C(N)=O)nc3)cc2)C[C@@H](C)O1. The third-order valence-electron chi connectivity index (χ3n) is 6.53. The van der Waals surface area contributed by atoms with Crippen molar-refractivity contribution in [1.29, 1.82) is 0 Å². The monoisotopic (exact) mass is 502 g/mol. The van der Waals surface area contributed by atoms with Crippen molar-refractivity contribution >= 4 is 11.8 Å². The third-order valence-corrected chi connectivity index (χ3v) is 6.53. The van der Waals surface area contributed by atoms with E-state index in [9.17, 15) is 19.1 Å². The van der Waals surface area contributed by atoms with Crippen LogP contribution in [0.2, 0.25) is 0 Å². The number of carbonyl (C=O) groups is 2. The van der Waals surface area contributed by atoms with Gasteiger partial charge in [0.1, 0.15) is 18.5 Å². The zero-order valence-corrected chi connectivity index (χ0v) is 20.9. The van der Waals surface area contributed by atoms with Gasteiger partial charge in [0.25, 0.3) is 5.91 Å². The number of ether oxygens (including phenoxy) is 2. The zero-order chi connectivity index (χ0) is 26.2. The van der Waals surface area contributed by atoms with E-state index in [0.29, 0.717) is 18.5 Å². The average molecular weight is 503 g/mol. The average Bonchev–Trinajstić information content (AvgIpc) is 2.89. The van der Waals surface area contributed by atoms with Crippen molar-refractivity contribution in [2.24, 2.45) is 5.73 Å². The van der Waals surface area contributed by atoms with Crippen molar-refractivity contribution in [2.75, 3.05) is 27.4 Å². The molecule has 0 spiro atoms. The predicted molar refractivity (Wildman–Crippen MR) is 133 cm³/mol. The lowest BCUT2D eigenvalue weighted by atomic mass is 9.99. The van der Waals surface area contributed by atoms with Gasteiger partial charge in [-0.15, -0.1) is 0 Å².